The van der Waals surface area contributed by atoms with Gasteiger partial charge in [0.2, 0.25) is 0 Å². The maximum Gasteiger partial charge on any atom is 0.302 e. The maximum atomic E-state index is 11.4. The first-order chi connectivity index (χ1) is 6.61. The Kier molecular flexibility index (Phi) is 3.88. The topological polar surface area (TPSA) is 48.3 Å². The average Bonchev–Trinajstić information content (AvgIpc) is 2.12. The van der Waals surface area contributed by atoms with Crippen molar-refractivity contribution in [2.24, 2.45) is 0 Å². The number of aromatic nitrogens is 1. The summed E-state index contributed by atoms with van der Waals surface area (Å²) in [4.78, 5) is 21.9. The molecule has 0 aromatic carbocycles. The fourth-order valence-corrected chi connectivity index (χ4v) is 1.35. The predicted molar refractivity (Wildman–Crippen MR) is 55.0 cm³/mol. The van der Waals surface area contributed by atoms with Crippen LogP contribution in [0.25, 0.3) is 0 Å². The lowest BCUT2D eigenvalue weighted by atomic mass is 10.4. The Balaban J connectivity index is 2.64. The molecule has 0 aliphatic heterocycles. The van der Waals surface area contributed by atoms with Gasteiger partial charge in [0.1, 0.15) is 6.61 Å². The van der Waals surface area contributed by atoms with Gasteiger partial charge in [0.25, 0.3) is 5.56 Å². The molecule has 0 N–H and O–H groups in total. The van der Waals surface area contributed by atoms with Crippen LogP contribution in [-0.2, 0) is 16.1 Å². The zero-order valence-corrected chi connectivity index (χ0v) is 9.28. The summed E-state index contributed by atoms with van der Waals surface area (Å²) in [6, 6.07) is 3.42. The van der Waals surface area contributed by atoms with Gasteiger partial charge >= 0.3 is 5.97 Å². The number of nitrogens with zero attached hydrogens (tertiary/aromatic N) is 1. The monoisotopic (exact) mass is 259 g/mol. The highest BCUT2D eigenvalue weighted by molar-refractivity contribution is 9.10. The smallest absolute Gasteiger partial charge is 0.302 e. The normalized spacial score (nSPS) is 9.86. The molecular formula is C9H10BrNO3. The maximum absolute atomic E-state index is 11.4. The number of halogens is 1. The van der Waals surface area contributed by atoms with E-state index in [-0.39, 0.29) is 18.1 Å². The van der Waals surface area contributed by atoms with E-state index >= 15 is 0 Å². The Labute approximate surface area is 89.6 Å². The van der Waals surface area contributed by atoms with Crippen molar-refractivity contribution >= 4 is 21.9 Å². The number of hydrogen-bond donors (Lipinski definition) is 0. The molecule has 0 spiro atoms. The molecule has 76 valence electrons. The Bertz CT molecular complexity index is 386. The first-order valence-electron chi connectivity index (χ1n) is 4.09. The lowest BCUT2D eigenvalue weighted by molar-refractivity contribution is -0.141. The zero-order valence-electron chi connectivity index (χ0n) is 7.70. The highest BCUT2D eigenvalue weighted by atomic mass is 79.9. The van der Waals surface area contributed by atoms with Gasteiger partial charge in [0, 0.05) is 13.1 Å². The van der Waals surface area contributed by atoms with Gasteiger partial charge < -0.3 is 9.30 Å². The molecule has 4 nitrogen and oxygen atoms in total. The van der Waals surface area contributed by atoms with Gasteiger partial charge in [0.15, 0.2) is 0 Å². The first kappa shape index (κ1) is 11.0. The third-order valence-corrected chi connectivity index (χ3v) is 2.21. The van der Waals surface area contributed by atoms with E-state index < -0.39 is 0 Å². The highest BCUT2D eigenvalue weighted by Crippen LogP contribution is 2.00. The molecule has 0 saturated heterocycles. The van der Waals surface area contributed by atoms with Crippen molar-refractivity contribution in [1.82, 2.24) is 4.57 Å². The summed E-state index contributed by atoms with van der Waals surface area (Å²) in [5, 5.41) is 0. The van der Waals surface area contributed by atoms with Gasteiger partial charge in [-0.15, -0.1) is 0 Å². The number of carbonyl (C=O) groups is 1. The van der Waals surface area contributed by atoms with Gasteiger partial charge in [-0.25, -0.2) is 0 Å². The van der Waals surface area contributed by atoms with Crippen molar-refractivity contribution in [2.75, 3.05) is 6.61 Å². The van der Waals surface area contributed by atoms with Gasteiger partial charge in [-0.05, 0) is 28.1 Å². The van der Waals surface area contributed by atoms with Crippen LogP contribution in [0.3, 0.4) is 0 Å². The van der Waals surface area contributed by atoms with Gasteiger partial charge in [-0.3, -0.25) is 9.59 Å². The molecule has 5 heteroatoms. The van der Waals surface area contributed by atoms with E-state index in [4.69, 9.17) is 4.74 Å². The van der Waals surface area contributed by atoms with Crippen LogP contribution in [0, 0.1) is 0 Å². The van der Waals surface area contributed by atoms with Crippen LogP contribution in [0.4, 0.5) is 0 Å². The standard InChI is InChI=1S/C9H10BrNO3/c1-7(12)14-6-5-11-4-2-3-8(10)9(11)13/h2-4H,5-6H2,1H3. The molecule has 0 aliphatic rings. The molecule has 0 atom stereocenters. The van der Waals surface area contributed by atoms with Gasteiger partial charge in [-0.2, -0.15) is 0 Å². The minimum atomic E-state index is -0.340. The summed E-state index contributed by atoms with van der Waals surface area (Å²) in [6.07, 6.45) is 1.65. The number of rotatable bonds is 3. The third-order valence-electron chi connectivity index (χ3n) is 1.61. The van der Waals surface area contributed by atoms with Crippen LogP contribution < -0.4 is 5.56 Å². The van der Waals surface area contributed by atoms with Crippen molar-refractivity contribution in [3.8, 4) is 0 Å². The van der Waals surface area contributed by atoms with E-state index in [1.54, 1.807) is 18.3 Å². The van der Waals surface area contributed by atoms with Crippen molar-refractivity contribution in [1.29, 1.82) is 0 Å². The fraction of sp³-hybridized carbons (Fsp3) is 0.333. The molecule has 0 radical (unpaired) electrons. The molecule has 14 heavy (non-hydrogen) atoms. The molecule has 1 aromatic rings. The zero-order chi connectivity index (χ0) is 10.6. The Morgan fingerprint density at radius 2 is 2.36 bits per heavy atom. The third kappa shape index (κ3) is 2.99. The van der Waals surface area contributed by atoms with E-state index in [1.807, 2.05) is 0 Å². The van der Waals surface area contributed by atoms with Crippen molar-refractivity contribution in [3.05, 3.63) is 33.2 Å². The lowest BCUT2D eigenvalue weighted by Crippen LogP contribution is -2.22. The van der Waals surface area contributed by atoms with E-state index in [9.17, 15) is 9.59 Å². The largest absolute Gasteiger partial charge is 0.464 e. The SMILES string of the molecule is CC(=O)OCCn1cccc(Br)c1=O. The average molecular weight is 260 g/mol. The van der Waals surface area contributed by atoms with Gasteiger partial charge in [0.05, 0.1) is 11.0 Å². The van der Waals surface area contributed by atoms with Gasteiger partial charge in [-0.1, -0.05) is 0 Å². The summed E-state index contributed by atoms with van der Waals surface area (Å²) in [6.45, 7) is 1.92. The number of ether oxygens (including phenoxy) is 1. The summed E-state index contributed by atoms with van der Waals surface area (Å²) >= 11 is 3.13. The molecule has 0 amide bonds. The van der Waals surface area contributed by atoms with Crippen molar-refractivity contribution in [2.45, 2.75) is 13.5 Å². The second-order valence-corrected chi connectivity index (χ2v) is 3.55. The molecule has 0 fully saturated rings. The predicted octanol–water partition coefficient (Wildman–Crippen LogP) is 1.17. The second-order valence-electron chi connectivity index (χ2n) is 2.69. The van der Waals surface area contributed by atoms with Crippen LogP contribution in [-0.4, -0.2) is 17.1 Å². The molecular weight excluding hydrogens is 250 g/mol. The Morgan fingerprint density at radius 3 is 3.00 bits per heavy atom. The van der Waals surface area contributed by atoms with E-state index in [1.165, 1.54) is 11.5 Å². The van der Waals surface area contributed by atoms with Crippen LogP contribution in [0.2, 0.25) is 0 Å². The lowest BCUT2D eigenvalue weighted by Gasteiger charge is -2.05. The van der Waals surface area contributed by atoms with Crippen LogP contribution in [0.5, 0.6) is 0 Å². The number of pyridine rings is 1. The summed E-state index contributed by atoms with van der Waals surface area (Å²) < 4.78 is 6.71. The number of esters is 1. The molecule has 1 heterocycles. The minimum Gasteiger partial charge on any atom is -0.464 e. The van der Waals surface area contributed by atoms with E-state index in [0.29, 0.717) is 11.0 Å². The second kappa shape index (κ2) is 4.95. The summed E-state index contributed by atoms with van der Waals surface area (Å²) in [7, 11) is 0. The molecule has 0 unspecified atom stereocenters. The van der Waals surface area contributed by atoms with Crippen LogP contribution in [0.1, 0.15) is 6.92 Å². The molecule has 0 aliphatic carbocycles. The Hall–Kier alpha value is -1.10. The number of carbonyl (C=O) groups excluding carboxylic acids is 1. The quantitative estimate of drug-likeness (QED) is 0.766. The summed E-state index contributed by atoms with van der Waals surface area (Å²) in [5.74, 6) is -0.340. The van der Waals surface area contributed by atoms with E-state index in [2.05, 4.69) is 15.9 Å². The molecule has 0 bridgehead atoms. The fourth-order valence-electron chi connectivity index (χ4n) is 0.971. The minimum absolute atomic E-state index is 0.125. The molecule has 0 saturated carbocycles. The first-order valence-corrected chi connectivity index (χ1v) is 4.89. The molecule has 1 rings (SSSR count). The van der Waals surface area contributed by atoms with Crippen LogP contribution in [0.15, 0.2) is 27.6 Å². The Morgan fingerprint density at radius 1 is 1.64 bits per heavy atom. The van der Waals surface area contributed by atoms with Crippen molar-refractivity contribution in [3.63, 3.8) is 0 Å². The molecule has 1 aromatic heterocycles. The van der Waals surface area contributed by atoms with Crippen LogP contribution >= 0.6 is 15.9 Å². The van der Waals surface area contributed by atoms with Crippen molar-refractivity contribution < 1.29 is 9.53 Å². The van der Waals surface area contributed by atoms with E-state index in [0.717, 1.165) is 0 Å². The number of hydrogen-bond acceptors (Lipinski definition) is 3. The summed E-state index contributed by atoms with van der Waals surface area (Å²) in [5.41, 5.74) is -0.125. The highest BCUT2D eigenvalue weighted by Gasteiger charge is 2.00.